The van der Waals surface area contributed by atoms with E-state index in [2.05, 4.69) is 15.1 Å². The molecule has 0 bridgehead atoms. The highest BCUT2D eigenvalue weighted by Crippen LogP contribution is 2.45. The van der Waals surface area contributed by atoms with Gasteiger partial charge in [0.15, 0.2) is 17.0 Å². The third-order valence-electron chi connectivity index (χ3n) is 3.72. The standard InChI is InChI=1S/C12H14N4O3S2/c1-20-10-5-3-13-16(9(5)14-12(15-10)21-2)11-8-7(19-8)6(4-17)18-11/h3,6-8,11,17H,4H2,1-2H3/t6-,7+,8+,11-/m1/s1. The van der Waals surface area contributed by atoms with E-state index in [1.54, 1.807) is 22.6 Å². The van der Waals surface area contributed by atoms with E-state index >= 15 is 0 Å². The molecule has 4 atom stereocenters. The first-order valence-electron chi connectivity index (χ1n) is 6.52. The molecule has 2 aliphatic heterocycles. The molecule has 2 aromatic rings. The van der Waals surface area contributed by atoms with E-state index in [1.807, 2.05) is 12.5 Å². The van der Waals surface area contributed by atoms with Crippen LogP contribution < -0.4 is 0 Å². The summed E-state index contributed by atoms with van der Waals surface area (Å²) in [7, 11) is 0. The van der Waals surface area contributed by atoms with Gasteiger partial charge in [0.05, 0.1) is 18.2 Å². The SMILES string of the molecule is CSc1nc(SC)c2cnn([C@@H]3O[C@H](CO)[C@@H]4O[C@@H]43)c2n1. The van der Waals surface area contributed by atoms with Crippen molar-refractivity contribution in [3.63, 3.8) is 0 Å². The smallest absolute Gasteiger partial charge is 0.190 e. The molecule has 4 heterocycles. The number of aliphatic hydroxyl groups excluding tert-OH is 1. The number of hydrogen-bond donors (Lipinski definition) is 1. The van der Waals surface area contributed by atoms with Crippen LogP contribution in [0.15, 0.2) is 16.4 Å². The summed E-state index contributed by atoms with van der Waals surface area (Å²) in [5.74, 6) is 0. The molecule has 1 N–H and O–H groups in total. The van der Waals surface area contributed by atoms with Gasteiger partial charge >= 0.3 is 0 Å². The Morgan fingerprint density at radius 1 is 1.24 bits per heavy atom. The van der Waals surface area contributed by atoms with Gasteiger partial charge in [0.1, 0.15) is 23.3 Å². The maximum atomic E-state index is 9.29. The molecule has 2 aromatic heterocycles. The van der Waals surface area contributed by atoms with Crippen molar-refractivity contribution in [2.24, 2.45) is 0 Å². The Balaban J connectivity index is 1.79. The second-order valence-electron chi connectivity index (χ2n) is 4.86. The number of aliphatic hydroxyl groups is 1. The molecule has 0 saturated carbocycles. The van der Waals surface area contributed by atoms with Gasteiger partial charge in [-0.15, -0.1) is 11.8 Å². The summed E-state index contributed by atoms with van der Waals surface area (Å²) in [5, 5.41) is 16.2. The minimum atomic E-state index is -0.330. The van der Waals surface area contributed by atoms with Crippen molar-refractivity contribution in [3.8, 4) is 0 Å². The highest BCUT2D eigenvalue weighted by molar-refractivity contribution is 7.99. The molecule has 0 amide bonds. The van der Waals surface area contributed by atoms with Crippen LogP contribution in [0.4, 0.5) is 0 Å². The van der Waals surface area contributed by atoms with E-state index in [4.69, 9.17) is 9.47 Å². The fourth-order valence-corrected chi connectivity index (χ4v) is 3.62. The van der Waals surface area contributed by atoms with Gasteiger partial charge in [-0.2, -0.15) is 5.10 Å². The molecule has 7 nitrogen and oxygen atoms in total. The monoisotopic (exact) mass is 326 g/mol. The van der Waals surface area contributed by atoms with E-state index in [0.717, 1.165) is 16.1 Å². The van der Waals surface area contributed by atoms with Crippen LogP contribution in [0.3, 0.4) is 0 Å². The molecule has 0 spiro atoms. The number of epoxide rings is 1. The molecule has 21 heavy (non-hydrogen) atoms. The van der Waals surface area contributed by atoms with Crippen LogP contribution in [0.1, 0.15) is 6.23 Å². The lowest BCUT2D eigenvalue weighted by atomic mass is 10.2. The molecule has 2 saturated heterocycles. The lowest BCUT2D eigenvalue weighted by molar-refractivity contribution is -0.0870. The zero-order chi connectivity index (χ0) is 14.6. The molecule has 4 rings (SSSR count). The first-order chi connectivity index (χ1) is 10.3. The van der Waals surface area contributed by atoms with E-state index in [1.165, 1.54) is 11.8 Å². The third-order valence-corrected chi connectivity index (χ3v) is 4.96. The number of aromatic nitrogens is 4. The largest absolute Gasteiger partial charge is 0.394 e. The van der Waals surface area contributed by atoms with E-state index in [0.29, 0.717) is 5.16 Å². The number of rotatable bonds is 4. The summed E-state index contributed by atoms with van der Waals surface area (Å²) in [6.07, 6.45) is 5.01. The second-order valence-corrected chi connectivity index (χ2v) is 6.43. The van der Waals surface area contributed by atoms with Crippen molar-refractivity contribution in [2.75, 3.05) is 19.1 Å². The van der Waals surface area contributed by atoms with Crippen LogP contribution in [0.25, 0.3) is 11.0 Å². The van der Waals surface area contributed by atoms with E-state index < -0.39 is 0 Å². The predicted octanol–water partition coefficient (Wildman–Crippen LogP) is 0.927. The Labute approximate surface area is 129 Å². The molecule has 0 unspecified atom stereocenters. The molecule has 2 fully saturated rings. The van der Waals surface area contributed by atoms with Gasteiger partial charge in [0, 0.05) is 0 Å². The van der Waals surface area contributed by atoms with E-state index in [-0.39, 0.29) is 31.1 Å². The zero-order valence-corrected chi connectivity index (χ0v) is 13.1. The van der Waals surface area contributed by atoms with Crippen molar-refractivity contribution in [1.29, 1.82) is 0 Å². The highest BCUT2D eigenvalue weighted by Gasteiger charge is 2.59. The van der Waals surface area contributed by atoms with Gasteiger partial charge in [-0.05, 0) is 12.5 Å². The van der Waals surface area contributed by atoms with Crippen LogP contribution in [-0.4, -0.2) is 62.3 Å². The van der Waals surface area contributed by atoms with Crippen LogP contribution in [0.5, 0.6) is 0 Å². The Kier molecular flexibility index (Phi) is 3.34. The minimum absolute atomic E-state index is 0.0267. The molecule has 9 heteroatoms. The van der Waals surface area contributed by atoms with Crippen LogP contribution in [0.2, 0.25) is 0 Å². The van der Waals surface area contributed by atoms with Crippen molar-refractivity contribution >= 4 is 34.6 Å². The van der Waals surface area contributed by atoms with Crippen molar-refractivity contribution in [2.45, 2.75) is 34.7 Å². The molecular weight excluding hydrogens is 312 g/mol. The summed E-state index contributed by atoms with van der Waals surface area (Å²) < 4.78 is 13.1. The number of fused-ring (bicyclic) bond motifs is 2. The molecule has 0 aliphatic carbocycles. The average Bonchev–Trinajstić information content (AvgIpc) is 3.05. The van der Waals surface area contributed by atoms with Crippen molar-refractivity contribution in [3.05, 3.63) is 6.20 Å². The fraction of sp³-hybridized carbons (Fsp3) is 0.583. The normalized spacial score (nSPS) is 30.8. The van der Waals surface area contributed by atoms with Crippen molar-refractivity contribution in [1.82, 2.24) is 19.7 Å². The summed E-state index contributed by atoms with van der Waals surface area (Å²) in [5.41, 5.74) is 0.747. The molecule has 0 radical (unpaired) electrons. The van der Waals surface area contributed by atoms with E-state index in [9.17, 15) is 5.11 Å². The molecular formula is C12H14N4O3S2. The van der Waals surface area contributed by atoms with Gasteiger partial charge < -0.3 is 14.6 Å². The van der Waals surface area contributed by atoms with Gasteiger partial charge in [-0.25, -0.2) is 14.6 Å². The Morgan fingerprint density at radius 3 is 2.76 bits per heavy atom. The van der Waals surface area contributed by atoms with Gasteiger partial charge in [-0.1, -0.05) is 11.8 Å². The van der Waals surface area contributed by atoms with Gasteiger partial charge in [-0.3, -0.25) is 0 Å². The summed E-state index contributed by atoms with van der Waals surface area (Å²) >= 11 is 3.07. The summed E-state index contributed by atoms with van der Waals surface area (Å²) in [4.78, 5) is 9.04. The molecule has 2 aliphatic rings. The zero-order valence-electron chi connectivity index (χ0n) is 11.5. The predicted molar refractivity (Wildman–Crippen MR) is 78.5 cm³/mol. The van der Waals surface area contributed by atoms with Gasteiger partial charge in [0.25, 0.3) is 0 Å². The van der Waals surface area contributed by atoms with Crippen LogP contribution in [0, 0.1) is 0 Å². The van der Waals surface area contributed by atoms with Gasteiger partial charge in [0.2, 0.25) is 0 Å². The summed E-state index contributed by atoms with van der Waals surface area (Å²) in [6, 6.07) is 0. The number of hydrogen-bond acceptors (Lipinski definition) is 8. The van der Waals surface area contributed by atoms with Crippen LogP contribution >= 0.6 is 23.5 Å². The lowest BCUT2D eigenvalue weighted by Crippen LogP contribution is -2.22. The number of ether oxygens (including phenoxy) is 2. The number of thioether (sulfide) groups is 2. The maximum Gasteiger partial charge on any atom is 0.190 e. The first-order valence-corrected chi connectivity index (χ1v) is 8.96. The second kappa shape index (κ2) is 5.10. The third kappa shape index (κ3) is 2.07. The topological polar surface area (TPSA) is 85.6 Å². The fourth-order valence-electron chi connectivity index (χ4n) is 2.66. The molecule has 0 aromatic carbocycles. The highest BCUT2D eigenvalue weighted by atomic mass is 32.2. The van der Waals surface area contributed by atoms with Crippen molar-refractivity contribution < 1.29 is 14.6 Å². The quantitative estimate of drug-likeness (QED) is 0.384. The Hall–Kier alpha value is -0.870. The number of nitrogens with zero attached hydrogens (tertiary/aromatic N) is 4. The maximum absolute atomic E-state index is 9.29. The Bertz CT molecular complexity index is 694. The molecule has 112 valence electrons. The lowest BCUT2D eigenvalue weighted by Gasteiger charge is -2.16. The summed E-state index contributed by atoms with van der Waals surface area (Å²) in [6.45, 7) is -0.0437. The first kappa shape index (κ1) is 13.8. The van der Waals surface area contributed by atoms with Crippen LogP contribution in [-0.2, 0) is 9.47 Å². The minimum Gasteiger partial charge on any atom is -0.394 e. The average molecular weight is 326 g/mol. The Morgan fingerprint density at radius 2 is 2.10 bits per heavy atom.